The van der Waals surface area contributed by atoms with Gasteiger partial charge in [-0.2, -0.15) is 0 Å². The summed E-state index contributed by atoms with van der Waals surface area (Å²) < 4.78 is 5.72. The molecule has 2 aromatic heterocycles. The van der Waals surface area contributed by atoms with Crippen molar-refractivity contribution in [1.29, 1.82) is 0 Å². The number of nitrogens with one attached hydrogen (secondary N) is 1. The first-order valence-electron chi connectivity index (χ1n) is 5.39. The van der Waals surface area contributed by atoms with E-state index in [0.717, 1.165) is 27.7 Å². The number of H-pyrrole nitrogens is 1. The fourth-order valence-electron chi connectivity index (χ4n) is 1.96. The lowest BCUT2D eigenvalue weighted by molar-refractivity contribution is 0.347. The molecule has 3 rings (SSSR count). The van der Waals surface area contributed by atoms with Crippen LogP contribution < -0.4 is 4.74 Å². The number of aromatic amines is 1. The fourth-order valence-corrected chi connectivity index (χ4v) is 1.96. The van der Waals surface area contributed by atoms with Crippen molar-refractivity contribution in [3.63, 3.8) is 0 Å². The smallest absolute Gasteiger partial charge is 0.154 e. The van der Waals surface area contributed by atoms with Gasteiger partial charge in [-0.1, -0.05) is 12.1 Å². The molecule has 0 bridgehead atoms. The van der Waals surface area contributed by atoms with Gasteiger partial charge in [0.05, 0.1) is 17.6 Å². The van der Waals surface area contributed by atoms with Gasteiger partial charge < -0.3 is 9.72 Å². The molecule has 1 aromatic carbocycles. The summed E-state index contributed by atoms with van der Waals surface area (Å²) in [5, 5.41) is 1.05. The lowest BCUT2D eigenvalue weighted by Gasteiger charge is -2.08. The maximum Gasteiger partial charge on any atom is 0.154 e. The number of para-hydroxylation sites is 1. The van der Waals surface area contributed by atoms with Crippen LogP contribution in [0.15, 0.2) is 36.5 Å². The summed E-state index contributed by atoms with van der Waals surface area (Å²) in [6.45, 7) is 2.64. The van der Waals surface area contributed by atoms with Gasteiger partial charge in [-0.25, -0.2) is 4.98 Å². The number of aromatic nitrogens is 2. The Balaban J connectivity index is 2.46. The van der Waals surface area contributed by atoms with Crippen molar-refractivity contribution in [1.82, 2.24) is 9.97 Å². The standard InChI is InChI=1S/C13H12N2O/c1-2-16-13-9-5-3-4-6-10(9)15-11-7-8-14-12(11)13/h3-8,14H,2H2,1H3. The highest BCUT2D eigenvalue weighted by molar-refractivity contribution is 5.99. The van der Waals surface area contributed by atoms with Gasteiger partial charge in [0.2, 0.25) is 0 Å². The summed E-state index contributed by atoms with van der Waals surface area (Å²) >= 11 is 0. The van der Waals surface area contributed by atoms with Crippen LogP contribution in [0.3, 0.4) is 0 Å². The van der Waals surface area contributed by atoms with Crippen LogP contribution in [0.1, 0.15) is 6.92 Å². The first kappa shape index (κ1) is 9.21. The van der Waals surface area contributed by atoms with Crippen molar-refractivity contribution < 1.29 is 4.74 Å². The zero-order valence-electron chi connectivity index (χ0n) is 9.03. The molecular formula is C13H12N2O. The van der Waals surface area contributed by atoms with Crippen LogP contribution in [0, 0.1) is 0 Å². The van der Waals surface area contributed by atoms with Crippen LogP contribution >= 0.6 is 0 Å². The van der Waals surface area contributed by atoms with Gasteiger partial charge in [-0.3, -0.25) is 0 Å². The Kier molecular flexibility index (Phi) is 2.03. The van der Waals surface area contributed by atoms with Gasteiger partial charge in [0.25, 0.3) is 0 Å². The Morgan fingerprint density at radius 1 is 1.19 bits per heavy atom. The monoisotopic (exact) mass is 212 g/mol. The van der Waals surface area contributed by atoms with E-state index in [0.29, 0.717) is 6.61 Å². The fraction of sp³-hybridized carbons (Fsp3) is 0.154. The van der Waals surface area contributed by atoms with E-state index in [2.05, 4.69) is 9.97 Å². The Hall–Kier alpha value is -2.03. The number of nitrogens with zero attached hydrogens (tertiary/aromatic N) is 1. The minimum atomic E-state index is 0.655. The quantitative estimate of drug-likeness (QED) is 0.708. The predicted molar refractivity (Wildman–Crippen MR) is 64.8 cm³/mol. The molecule has 80 valence electrons. The second kappa shape index (κ2) is 3.52. The van der Waals surface area contributed by atoms with E-state index >= 15 is 0 Å². The lowest BCUT2D eigenvalue weighted by Crippen LogP contribution is -1.94. The Bertz CT molecular complexity index is 643. The van der Waals surface area contributed by atoms with Crippen LogP contribution in [0.25, 0.3) is 21.9 Å². The van der Waals surface area contributed by atoms with Crippen LogP contribution in [0.2, 0.25) is 0 Å². The topological polar surface area (TPSA) is 37.9 Å². The molecule has 2 heterocycles. The molecule has 1 N–H and O–H groups in total. The highest BCUT2D eigenvalue weighted by Gasteiger charge is 2.09. The number of benzene rings is 1. The SMILES string of the molecule is CCOc1c2ccccc2nc2cc[nH]c12. The van der Waals surface area contributed by atoms with E-state index in [1.54, 1.807) is 0 Å². The van der Waals surface area contributed by atoms with Crippen LogP contribution in [0.5, 0.6) is 5.75 Å². The van der Waals surface area contributed by atoms with Gasteiger partial charge >= 0.3 is 0 Å². The number of ether oxygens (including phenoxy) is 1. The number of hydrogen-bond acceptors (Lipinski definition) is 2. The molecule has 0 amide bonds. The average Bonchev–Trinajstić information content (AvgIpc) is 2.77. The minimum Gasteiger partial charge on any atom is -0.491 e. The molecule has 3 nitrogen and oxygen atoms in total. The molecule has 0 fully saturated rings. The van der Waals surface area contributed by atoms with Crippen molar-refractivity contribution in [2.45, 2.75) is 6.92 Å². The van der Waals surface area contributed by atoms with Crippen molar-refractivity contribution in [3.05, 3.63) is 36.5 Å². The van der Waals surface area contributed by atoms with Crippen molar-refractivity contribution >= 4 is 21.9 Å². The van der Waals surface area contributed by atoms with Crippen molar-refractivity contribution in [2.24, 2.45) is 0 Å². The Labute approximate surface area is 93.1 Å². The van der Waals surface area contributed by atoms with Gasteiger partial charge in [0, 0.05) is 11.6 Å². The summed E-state index contributed by atoms with van der Waals surface area (Å²) in [5.41, 5.74) is 2.89. The van der Waals surface area contributed by atoms with Crippen molar-refractivity contribution in [3.8, 4) is 5.75 Å². The van der Waals surface area contributed by atoms with Gasteiger partial charge in [-0.05, 0) is 25.1 Å². The largest absolute Gasteiger partial charge is 0.491 e. The summed E-state index contributed by atoms with van der Waals surface area (Å²) in [5.74, 6) is 0.896. The molecule has 0 saturated carbocycles. The third-order valence-electron chi connectivity index (χ3n) is 2.63. The van der Waals surface area contributed by atoms with E-state index < -0.39 is 0 Å². The predicted octanol–water partition coefficient (Wildman–Crippen LogP) is 3.11. The zero-order chi connectivity index (χ0) is 11.0. The second-order valence-corrected chi connectivity index (χ2v) is 3.63. The summed E-state index contributed by atoms with van der Waals surface area (Å²) in [7, 11) is 0. The first-order valence-corrected chi connectivity index (χ1v) is 5.39. The molecule has 3 aromatic rings. The lowest BCUT2D eigenvalue weighted by atomic mass is 10.2. The van der Waals surface area contributed by atoms with E-state index in [1.165, 1.54) is 0 Å². The van der Waals surface area contributed by atoms with Gasteiger partial charge in [-0.15, -0.1) is 0 Å². The summed E-state index contributed by atoms with van der Waals surface area (Å²) in [6, 6.07) is 9.99. The highest BCUT2D eigenvalue weighted by atomic mass is 16.5. The molecule has 0 atom stereocenters. The van der Waals surface area contributed by atoms with Crippen molar-refractivity contribution in [2.75, 3.05) is 6.61 Å². The molecule has 0 spiro atoms. The van der Waals surface area contributed by atoms with Crippen LogP contribution in [-0.4, -0.2) is 16.6 Å². The zero-order valence-corrected chi connectivity index (χ0v) is 9.03. The summed E-state index contributed by atoms with van der Waals surface area (Å²) in [4.78, 5) is 7.75. The van der Waals surface area contributed by atoms with Crippen LogP contribution in [-0.2, 0) is 0 Å². The van der Waals surface area contributed by atoms with E-state index in [1.807, 2.05) is 43.5 Å². The van der Waals surface area contributed by atoms with Gasteiger partial charge in [0.1, 0.15) is 5.52 Å². The molecule has 0 radical (unpaired) electrons. The van der Waals surface area contributed by atoms with Gasteiger partial charge in [0.15, 0.2) is 5.75 Å². The van der Waals surface area contributed by atoms with E-state index in [4.69, 9.17) is 4.74 Å². The van der Waals surface area contributed by atoms with E-state index in [-0.39, 0.29) is 0 Å². The van der Waals surface area contributed by atoms with E-state index in [9.17, 15) is 0 Å². The molecule has 0 saturated heterocycles. The molecule has 0 aliphatic rings. The molecule has 3 heteroatoms. The maximum atomic E-state index is 5.72. The maximum absolute atomic E-state index is 5.72. The summed E-state index contributed by atoms with van der Waals surface area (Å²) in [6.07, 6.45) is 1.89. The van der Waals surface area contributed by atoms with Crippen LogP contribution in [0.4, 0.5) is 0 Å². The second-order valence-electron chi connectivity index (χ2n) is 3.63. The Morgan fingerprint density at radius 2 is 2.06 bits per heavy atom. The first-order chi connectivity index (χ1) is 7.90. The number of rotatable bonds is 2. The third kappa shape index (κ3) is 1.25. The minimum absolute atomic E-state index is 0.655. The molecule has 0 aliphatic carbocycles. The average molecular weight is 212 g/mol. The molecule has 0 unspecified atom stereocenters. The third-order valence-corrected chi connectivity index (χ3v) is 2.63. The number of fused-ring (bicyclic) bond motifs is 2. The molecular weight excluding hydrogens is 200 g/mol. The normalized spacial score (nSPS) is 11.1. The number of pyridine rings is 1. The number of hydrogen-bond donors (Lipinski definition) is 1. The molecule has 16 heavy (non-hydrogen) atoms. The highest BCUT2D eigenvalue weighted by Crippen LogP contribution is 2.31. The Morgan fingerprint density at radius 3 is 2.94 bits per heavy atom. The molecule has 0 aliphatic heterocycles.